The van der Waals surface area contributed by atoms with Crippen LogP contribution in [0.3, 0.4) is 0 Å². The molecule has 2 fully saturated rings. The summed E-state index contributed by atoms with van der Waals surface area (Å²) in [6, 6.07) is 7.59. The summed E-state index contributed by atoms with van der Waals surface area (Å²) < 4.78 is 5.26. The van der Waals surface area contributed by atoms with Gasteiger partial charge in [-0.2, -0.15) is 0 Å². The highest BCUT2D eigenvalue weighted by Crippen LogP contribution is 2.42. The molecule has 1 atom stereocenters. The fourth-order valence-electron chi connectivity index (χ4n) is 3.70. The topological polar surface area (TPSA) is 53.1 Å². The lowest BCUT2D eigenvalue weighted by atomic mass is 9.86. The number of methoxy groups -OCH3 is 1. The van der Waals surface area contributed by atoms with E-state index in [4.69, 9.17) is 4.74 Å². The second-order valence-electron chi connectivity index (χ2n) is 7.16. The molecule has 6 heteroatoms. The highest BCUT2D eigenvalue weighted by Gasteiger charge is 2.48. The van der Waals surface area contributed by atoms with Crippen LogP contribution in [0.4, 0.5) is 5.69 Å². The zero-order chi connectivity index (χ0) is 17.3. The first-order chi connectivity index (χ1) is 11.4. The minimum atomic E-state index is -0.109. The van der Waals surface area contributed by atoms with Crippen molar-refractivity contribution in [2.75, 3.05) is 52.3 Å². The Bertz CT molecular complexity index is 646. The first-order valence-corrected chi connectivity index (χ1v) is 8.29. The summed E-state index contributed by atoms with van der Waals surface area (Å²) in [5.74, 6) is 1.02. The summed E-state index contributed by atoms with van der Waals surface area (Å²) in [5, 5.41) is 0. The van der Waals surface area contributed by atoms with E-state index >= 15 is 0 Å². The Morgan fingerprint density at radius 3 is 2.83 bits per heavy atom. The maximum Gasteiger partial charge on any atom is 0.236 e. The fraction of sp³-hybridized carbons (Fsp3) is 0.556. The van der Waals surface area contributed by atoms with Crippen LogP contribution in [-0.2, 0) is 9.59 Å². The molecule has 0 radical (unpaired) electrons. The third-order valence-corrected chi connectivity index (χ3v) is 4.93. The third kappa shape index (κ3) is 3.24. The summed E-state index contributed by atoms with van der Waals surface area (Å²) in [7, 11) is 5.42. The molecule has 1 spiro atoms. The van der Waals surface area contributed by atoms with Gasteiger partial charge in [-0.25, -0.2) is 0 Å². The van der Waals surface area contributed by atoms with E-state index in [0.29, 0.717) is 26.1 Å². The number of hydrogen-bond acceptors (Lipinski definition) is 4. The van der Waals surface area contributed by atoms with Crippen LogP contribution in [0.1, 0.15) is 12.8 Å². The predicted molar refractivity (Wildman–Crippen MR) is 92.1 cm³/mol. The highest BCUT2D eigenvalue weighted by atomic mass is 16.5. The molecule has 2 aliphatic rings. The number of rotatable bonds is 4. The smallest absolute Gasteiger partial charge is 0.236 e. The number of carbonyl (C=O) groups excluding carboxylic acids is 2. The Kier molecular flexibility index (Phi) is 4.49. The minimum Gasteiger partial charge on any atom is -0.497 e. The lowest BCUT2D eigenvalue weighted by Gasteiger charge is -2.25. The maximum absolute atomic E-state index is 12.6. The van der Waals surface area contributed by atoms with Crippen LogP contribution in [0.5, 0.6) is 5.75 Å². The lowest BCUT2D eigenvalue weighted by Crippen LogP contribution is -2.38. The maximum atomic E-state index is 12.6. The molecule has 0 aromatic heterocycles. The van der Waals surface area contributed by atoms with Crippen molar-refractivity contribution in [3.8, 4) is 5.75 Å². The van der Waals surface area contributed by atoms with Crippen LogP contribution < -0.4 is 9.64 Å². The number of likely N-dealkylation sites (N-methyl/N-ethyl adjacent to an activating group) is 1. The van der Waals surface area contributed by atoms with Crippen LogP contribution in [0.25, 0.3) is 0 Å². The Hall–Kier alpha value is -2.08. The van der Waals surface area contributed by atoms with E-state index in [1.807, 2.05) is 53.1 Å². The van der Waals surface area contributed by atoms with Gasteiger partial charge < -0.3 is 19.4 Å². The summed E-state index contributed by atoms with van der Waals surface area (Å²) in [4.78, 5) is 30.5. The molecule has 6 nitrogen and oxygen atoms in total. The molecule has 0 aliphatic carbocycles. The van der Waals surface area contributed by atoms with Crippen molar-refractivity contribution >= 4 is 17.5 Å². The van der Waals surface area contributed by atoms with Crippen LogP contribution >= 0.6 is 0 Å². The summed E-state index contributed by atoms with van der Waals surface area (Å²) in [6.07, 6.45) is 1.40. The normalized spacial score (nSPS) is 23.6. The number of ether oxygens (including phenoxy) is 1. The summed E-state index contributed by atoms with van der Waals surface area (Å²) in [5.41, 5.74) is 0.761. The molecule has 3 rings (SSSR count). The van der Waals surface area contributed by atoms with Crippen LogP contribution in [0, 0.1) is 5.41 Å². The number of likely N-dealkylation sites (tertiary alicyclic amines) is 1. The molecular weight excluding hydrogens is 306 g/mol. The van der Waals surface area contributed by atoms with Crippen molar-refractivity contribution < 1.29 is 14.3 Å². The molecule has 1 aromatic rings. The molecule has 2 amide bonds. The number of benzene rings is 1. The molecule has 2 aliphatic heterocycles. The van der Waals surface area contributed by atoms with Crippen LogP contribution in [-0.4, -0.2) is 69.0 Å². The van der Waals surface area contributed by atoms with E-state index in [2.05, 4.69) is 0 Å². The third-order valence-electron chi connectivity index (χ3n) is 4.93. The Balaban J connectivity index is 1.71. The number of carbonyl (C=O) groups is 2. The Morgan fingerprint density at radius 1 is 1.33 bits per heavy atom. The van der Waals surface area contributed by atoms with E-state index in [1.165, 1.54) is 0 Å². The van der Waals surface area contributed by atoms with Gasteiger partial charge in [0.1, 0.15) is 5.75 Å². The quantitative estimate of drug-likeness (QED) is 0.832. The number of anilines is 1. The molecule has 0 bridgehead atoms. The number of nitrogens with zero attached hydrogens (tertiary/aromatic N) is 3. The van der Waals surface area contributed by atoms with Gasteiger partial charge >= 0.3 is 0 Å². The van der Waals surface area contributed by atoms with Gasteiger partial charge in [0.15, 0.2) is 0 Å². The molecule has 24 heavy (non-hydrogen) atoms. The van der Waals surface area contributed by atoms with Crippen LogP contribution in [0.15, 0.2) is 24.3 Å². The largest absolute Gasteiger partial charge is 0.497 e. The lowest BCUT2D eigenvalue weighted by molar-refractivity contribution is -0.131. The van der Waals surface area contributed by atoms with Crippen molar-refractivity contribution in [3.63, 3.8) is 0 Å². The monoisotopic (exact) mass is 331 g/mol. The van der Waals surface area contributed by atoms with Gasteiger partial charge in [0.05, 0.1) is 13.7 Å². The van der Waals surface area contributed by atoms with Crippen LogP contribution in [0.2, 0.25) is 0 Å². The average Bonchev–Trinajstić information content (AvgIpc) is 3.10. The molecule has 130 valence electrons. The second-order valence-corrected chi connectivity index (χ2v) is 7.16. The van der Waals surface area contributed by atoms with Gasteiger partial charge in [-0.15, -0.1) is 0 Å². The van der Waals surface area contributed by atoms with Crippen molar-refractivity contribution in [2.45, 2.75) is 12.8 Å². The molecule has 0 N–H and O–H groups in total. The zero-order valence-corrected chi connectivity index (χ0v) is 14.6. The number of amides is 2. The van der Waals surface area contributed by atoms with E-state index in [0.717, 1.165) is 24.4 Å². The first-order valence-electron chi connectivity index (χ1n) is 8.29. The van der Waals surface area contributed by atoms with Gasteiger partial charge in [0.2, 0.25) is 11.8 Å². The standard InChI is InChI=1S/C18H25N3O3/c1-19(2)11-17(23)20-8-7-18(12-20)10-16(22)21(13-18)14-5-4-6-15(9-14)24-3/h4-6,9H,7-8,10-13H2,1-3H3/t18-/m0/s1. The van der Waals surface area contributed by atoms with E-state index in [1.54, 1.807) is 7.11 Å². The van der Waals surface area contributed by atoms with Crippen molar-refractivity contribution in [1.82, 2.24) is 9.80 Å². The van der Waals surface area contributed by atoms with Gasteiger partial charge in [0, 0.05) is 43.2 Å². The van der Waals surface area contributed by atoms with Gasteiger partial charge in [-0.1, -0.05) is 6.07 Å². The molecular formula is C18H25N3O3. The molecule has 1 aromatic carbocycles. The van der Waals surface area contributed by atoms with Gasteiger partial charge in [-0.05, 0) is 32.6 Å². The van der Waals surface area contributed by atoms with Crippen molar-refractivity contribution in [1.29, 1.82) is 0 Å². The van der Waals surface area contributed by atoms with Gasteiger partial charge in [0.25, 0.3) is 0 Å². The summed E-state index contributed by atoms with van der Waals surface area (Å²) >= 11 is 0. The molecule has 0 saturated carbocycles. The van der Waals surface area contributed by atoms with Gasteiger partial charge in [-0.3, -0.25) is 9.59 Å². The number of hydrogen-bond donors (Lipinski definition) is 0. The second kappa shape index (κ2) is 6.43. The van der Waals surface area contributed by atoms with E-state index in [9.17, 15) is 9.59 Å². The summed E-state index contributed by atoms with van der Waals surface area (Å²) in [6.45, 7) is 2.51. The minimum absolute atomic E-state index is 0.109. The van der Waals surface area contributed by atoms with Crippen molar-refractivity contribution in [2.24, 2.45) is 5.41 Å². The van der Waals surface area contributed by atoms with Crippen molar-refractivity contribution in [3.05, 3.63) is 24.3 Å². The molecule has 0 unspecified atom stereocenters. The van der Waals surface area contributed by atoms with E-state index < -0.39 is 0 Å². The average molecular weight is 331 g/mol. The molecule has 2 saturated heterocycles. The zero-order valence-electron chi connectivity index (χ0n) is 14.6. The van der Waals surface area contributed by atoms with E-state index in [-0.39, 0.29) is 17.2 Å². The first kappa shape index (κ1) is 16.8. The Labute approximate surface area is 143 Å². The molecule has 2 heterocycles. The Morgan fingerprint density at radius 2 is 2.12 bits per heavy atom. The predicted octanol–water partition coefficient (Wildman–Crippen LogP) is 1.21. The SMILES string of the molecule is COc1cccc(N2C[C@@]3(CCN(C(=O)CN(C)C)C3)CC2=O)c1. The highest BCUT2D eigenvalue weighted by molar-refractivity contribution is 5.96. The fourth-order valence-corrected chi connectivity index (χ4v) is 3.70.